The van der Waals surface area contributed by atoms with Gasteiger partial charge in [-0.05, 0) is 48.2 Å². The summed E-state index contributed by atoms with van der Waals surface area (Å²) in [5, 5.41) is 3.57. The van der Waals surface area contributed by atoms with Gasteiger partial charge in [-0.2, -0.15) is 0 Å². The number of nitrogens with zero attached hydrogens (tertiary/aromatic N) is 2. The summed E-state index contributed by atoms with van der Waals surface area (Å²) < 4.78 is 5.47. The molecule has 0 aliphatic carbocycles. The van der Waals surface area contributed by atoms with Crippen molar-refractivity contribution in [2.24, 2.45) is 5.92 Å². The van der Waals surface area contributed by atoms with Crippen LogP contribution in [0.5, 0.6) is 0 Å². The van der Waals surface area contributed by atoms with Crippen molar-refractivity contribution in [3.8, 4) is 0 Å². The van der Waals surface area contributed by atoms with Crippen LogP contribution in [-0.4, -0.2) is 41.4 Å². The topological polar surface area (TPSA) is 65.8 Å². The van der Waals surface area contributed by atoms with Crippen LogP contribution in [0.4, 0.5) is 10.5 Å². The minimum Gasteiger partial charge on any atom is -0.467 e. The van der Waals surface area contributed by atoms with Gasteiger partial charge in [-0.15, -0.1) is 0 Å². The Morgan fingerprint density at radius 3 is 2.38 bits per heavy atom. The number of carbonyl (C=O) groups excluding carboxylic acids is 2. The second kappa shape index (κ2) is 12.5. The van der Waals surface area contributed by atoms with E-state index in [2.05, 4.69) is 5.32 Å². The van der Waals surface area contributed by atoms with E-state index in [1.807, 2.05) is 50.2 Å². The van der Waals surface area contributed by atoms with Crippen LogP contribution in [0.2, 0.25) is 10.0 Å². The maximum atomic E-state index is 13.4. The van der Waals surface area contributed by atoms with E-state index in [9.17, 15) is 9.59 Å². The van der Waals surface area contributed by atoms with Crippen molar-refractivity contribution in [1.29, 1.82) is 0 Å². The van der Waals surface area contributed by atoms with Crippen molar-refractivity contribution in [2.45, 2.75) is 26.8 Å². The first-order chi connectivity index (χ1) is 16.3. The maximum Gasteiger partial charge on any atom is 0.322 e. The fraction of sp³-hybridized carbons (Fsp3) is 0.308. The Kier molecular flexibility index (Phi) is 9.42. The van der Waals surface area contributed by atoms with E-state index in [1.54, 1.807) is 35.4 Å². The molecule has 1 N–H and O–H groups in total. The zero-order chi connectivity index (χ0) is 24.5. The number of hydrogen-bond donors (Lipinski definition) is 1. The van der Waals surface area contributed by atoms with Crippen LogP contribution in [0.25, 0.3) is 0 Å². The molecule has 2 aromatic carbocycles. The Morgan fingerprint density at radius 1 is 0.971 bits per heavy atom. The molecule has 0 saturated carbocycles. The van der Waals surface area contributed by atoms with Gasteiger partial charge in [-0.3, -0.25) is 4.79 Å². The standard InChI is InChI=1S/C26H29Cl2N3O3/c1-19(2)16-31(26(33)29-21-10-11-23(27)24(28)15-21)18-25(32)30(17-22-9-6-14-34-22)13-12-20-7-4-3-5-8-20/h3-11,14-15,19H,12-13,16-18H2,1-2H3,(H,29,33). The van der Waals surface area contributed by atoms with Gasteiger partial charge in [0.2, 0.25) is 5.91 Å². The van der Waals surface area contributed by atoms with Crippen LogP contribution in [0.1, 0.15) is 25.2 Å². The molecule has 1 aromatic heterocycles. The number of rotatable bonds is 10. The molecule has 0 spiro atoms. The van der Waals surface area contributed by atoms with E-state index in [0.717, 1.165) is 5.56 Å². The van der Waals surface area contributed by atoms with E-state index in [0.29, 0.717) is 47.5 Å². The first-order valence-corrected chi connectivity index (χ1v) is 11.9. The Hall–Kier alpha value is -2.96. The zero-order valence-electron chi connectivity index (χ0n) is 19.3. The van der Waals surface area contributed by atoms with E-state index in [1.165, 1.54) is 4.90 Å². The lowest BCUT2D eigenvalue weighted by atomic mass is 10.1. The average molecular weight is 502 g/mol. The van der Waals surface area contributed by atoms with Crippen LogP contribution in [0.3, 0.4) is 0 Å². The monoisotopic (exact) mass is 501 g/mol. The van der Waals surface area contributed by atoms with Gasteiger partial charge in [0.25, 0.3) is 0 Å². The van der Waals surface area contributed by atoms with Gasteiger partial charge in [-0.25, -0.2) is 4.79 Å². The molecule has 0 fully saturated rings. The summed E-state index contributed by atoms with van der Waals surface area (Å²) >= 11 is 12.0. The molecular weight excluding hydrogens is 473 g/mol. The summed E-state index contributed by atoms with van der Waals surface area (Å²) in [5.41, 5.74) is 1.65. The fourth-order valence-corrected chi connectivity index (χ4v) is 3.79. The lowest BCUT2D eigenvalue weighted by Gasteiger charge is -2.28. The van der Waals surface area contributed by atoms with E-state index >= 15 is 0 Å². The van der Waals surface area contributed by atoms with Gasteiger partial charge in [0.05, 0.1) is 22.9 Å². The Bertz CT molecular complexity index is 1070. The highest BCUT2D eigenvalue weighted by Gasteiger charge is 2.23. The fourth-order valence-electron chi connectivity index (χ4n) is 3.49. The summed E-state index contributed by atoms with van der Waals surface area (Å²) in [6.07, 6.45) is 2.29. The maximum absolute atomic E-state index is 13.4. The molecule has 3 rings (SSSR count). The molecule has 0 bridgehead atoms. The van der Waals surface area contributed by atoms with E-state index in [4.69, 9.17) is 27.6 Å². The van der Waals surface area contributed by atoms with E-state index in [-0.39, 0.29) is 24.4 Å². The van der Waals surface area contributed by atoms with Crippen molar-refractivity contribution < 1.29 is 14.0 Å². The molecule has 0 atom stereocenters. The van der Waals surface area contributed by atoms with Crippen LogP contribution in [-0.2, 0) is 17.8 Å². The van der Waals surface area contributed by atoms with Gasteiger partial charge in [0, 0.05) is 18.8 Å². The SMILES string of the molecule is CC(C)CN(CC(=O)N(CCc1ccccc1)Cc1ccco1)C(=O)Nc1ccc(Cl)c(Cl)c1. The van der Waals surface area contributed by atoms with E-state index < -0.39 is 0 Å². The molecule has 0 unspecified atom stereocenters. The quantitative estimate of drug-likeness (QED) is 0.352. The van der Waals surface area contributed by atoms with Crippen LogP contribution in [0.15, 0.2) is 71.3 Å². The molecule has 8 heteroatoms. The smallest absolute Gasteiger partial charge is 0.322 e. The second-order valence-electron chi connectivity index (χ2n) is 8.46. The van der Waals surface area contributed by atoms with Gasteiger partial charge in [-0.1, -0.05) is 67.4 Å². The third-order valence-electron chi connectivity index (χ3n) is 5.16. The Labute approximate surface area is 210 Å². The molecule has 3 aromatic rings. The summed E-state index contributed by atoms with van der Waals surface area (Å²) in [6.45, 7) is 5.21. The molecule has 0 saturated heterocycles. The van der Waals surface area contributed by atoms with Crippen molar-refractivity contribution in [2.75, 3.05) is 25.0 Å². The molecule has 180 valence electrons. The highest BCUT2D eigenvalue weighted by Crippen LogP contribution is 2.25. The number of carbonyl (C=O) groups is 2. The van der Waals surface area contributed by atoms with Crippen LogP contribution in [0, 0.1) is 5.92 Å². The average Bonchev–Trinajstić information content (AvgIpc) is 3.32. The van der Waals surface area contributed by atoms with Gasteiger partial charge < -0.3 is 19.5 Å². The molecule has 0 aliphatic heterocycles. The number of benzene rings is 2. The third kappa shape index (κ3) is 7.82. The molecule has 34 heavy (non-hydrogen) atoms. The van der Waals surface area contributed by atoms with Crippen molar-refractivity contribution in [3.05, 3.63) is 88.3 Å². The molecule has 3 amide bonds. The number of nitrogens with one attached hydrogen (secondary N) is 1. The highest BCUT2D eigenvalue weighted by atomic mass is 35.5. The van der Waals surface area contributed by atoms with Gasteiger partial charge in [0.1, 0.15) is 12.3 Å². The molecular formula is C26H29Cl2N3O3. The second-order valence-corrected chi connectivity index (χ2v) is 9.28. The number of anilines is 1. The third-order valence-corrected chi connectivity index (χ3v) is 5.90. The molecule has 0 aliphatic rings. The van der Waals surface area contributed by atoms with Gasteiger partial charge in [0.15, 0.2) is 0 Å². The lowest BCUT2D eigenvalue weighted by molar-refractivity contribution is -0.132. The zero-order valence-corrected chi connectivity index (χ0v) is 20.9. The minimum absolute atomic E-state index is 0.0547. The summed E-state index contributed by atoms with van der Waals surface area (Å²) in [4.78, 5) is 29.7. The number of furan rings is 1. The van der Waals surface area contributed by atoms with Crippen LogP contribution < -0.4 is 5.32 Å². The highest BCUT2D eigenvalue weighted by molar-refractivity contribution is 6.42. The lowest BCUT2D eigenvalue weighted by Crippen LogP contribution is -2.46. The summed E-state index contributed by atoms with van der Waals surface area (Å²) in [5.74, 6) is 0.713. The Morgan fingerprint density at radius 2 is 1.74 bits per heavy atom. The normalized spacial score (nSPS) is 10.9. The number of amides is 3. The van der Waals surface area contributed by atoms with Crippen molar-refractivity contribution in [3.63, 3.8) is 0 Å². The van der Waals surface area contributed by atoms with Gasteiger partial charge >= 0.3 is 6.03 Å². The van der Waals surface area contributed by atoms with Crippen LogP contribution >= 0.6 is 23.2 Å². The molecule has 1 heterocycles. The first-order valence-electron chi connectivity index (χ1n) is 11.2. The number of urea groups is 1. The molecule has 0 radical (unpaired) electrons. The molecule has 6 nitrogen and oxygen atoms in total. The summed E-state index contributed by atoms with van der Waals surface area (Å²) in [6, 6.07) is 18.1. The first kappa shape index (κ1) is 25.7. The largest absolute Gasteiger partial charge is 0.467 e. The minimum atomic E-state index is -0.374. The van der Waals surface area contributed by atoms with Crippen molar-refractivity contribution in [1.82, 2.24) is 9.80 Å². The Balaban J connectivity index is 1.72. The number of hydrogen-bond acceptors (Lipinski definition) is 3. The number of halogens is 2. The predicted octanol–water partition coefficient (Wildman–Crippen LogP) is 6.35. The predicted molar refractivity (Wildman–Crippen MR) is 136 cm³/mol. The van der Waals surface area contributed by atoms with Crippen molar-refractivity contribution >= 4 is 40.8 Å². The summed E-state index contributed by atoms with van der Waals surface area (Å²) in [7, 11) is 0.